The Morgan fingerprint density at radius 1 is 1.24 bits per heavy atom. The first-order valence-corrected chi connectivity index (χ1v) is 10.2. The van der Waals surface area contributed by atoms with Crippen molar-refractivity contribution in [2.24, 2.45) is 5.92 Å². The van der Waals surface area contributed by atoms with Crippen LogP contribution in [-0.2, 0) is 32.1 Å². The number of aryl methyl sites for hydroxylation is 1. The van der Waals surface area contributed by atoms with Crippen molar-refractivity contribution in [2.45, 2.75) is 52.5 Å². The third-order valence-corrected chi connectivity index (χ3v) is 4.63. The van der Waals surface area contributed by atoms with Crippen LogP contribution < -0.4 is 10.8 Å². The Kier molecular flexibility index (Phi) is 9.53. The van der Waals surface area contributed by atoms with Gasteiger partial charge in [-0.1, -0.05) is 38.1 Å². The topological polar surface area (TPSA) is 100 Å². The van der Waals surface area contributed by atoms with Crippen LogP contribution >= 0.6 is 0 Å². The largest absolute Gasteiger partial charge is 0.480 e. The van der Waals surface area contributed by atoms with E-state index in [0.29, 0.717) is 45.0 Å². The maximum Gasteiger partial charge on any atom is 0.322 e. The highest BCUT2D eigenvalue weighted by atomic mass is 16.8. The fraction of sp³-hybridized carbons (Fsp3) is 0.619. The number of piperazine rings is 1. The van der Waals surface area contributed by atoms with Crippen molar-refractivity contribution in [1.29, 1.82) is 0 Å². The Bertz CT molecular complexity index is 650. The number of benzene rings is 1. The molecule has 0 aliphatic carbocycles. The van der Waals surface area contributed by atoms with Gasteiger partial charge in [0, 0.05) is 32.6 Å². The smallest absolute Gasteiger partial charge is 0.322 e. The van der Waals surface area contributed by atoms with E-state index in [1.165, 1.54) is 0 Å². The summed E-state index contributed by atoms with van der Waals surface area (Å²) in [6.07, 6.45) is 0.464. The summed E-state index contributed by atoms with van der Waals surface area (Å²) >= 11 is 0. The molecular weight excluding hydrogens is 374 g/mol. The van der Waals surface area contributed by atoms with Crippen molar-refractivity contribution in [3.8, 4) is 0 Å². The first-order chi connectivity index (χ1) is 13.8. The summed E-state index contributed by atoms with van der Waals surface area (Å²) in [6.45, 7) is 9.14. The number of hydroxylamine groups is 1. The predicted octanol–water partition coefficient (Wildman–Crippen LogP) is 1.54. The van der Waals surface area contributed by atoms with Crippen molar-refractivity contribution in [2.75, 3.05) is 26.2 Å². The van der Waals surface area contributed by atoms with Gasteiger partial charge in [-0.05, 0) is 30.4 Å². The number of hydrogen-bond donors (Lipinski definition) is 3. The van der Waals surface area contributed by atoms with Crippen molar-refractivity contribution in [1.82, 2.24) is 15.7 Å². The normalized spacial score (nSPS) is 18.6. The number of carboxylic acids is 1. The van der Waals surface area contributed by atoms with E-state index >= 15 is 0 Å². The summed E-state index contributed by atoms with van der Waals surface area (Å²) in [7, 11) is 0. The van der Waals surface area contributed by atoms with E-state index < -0.39 is 18.3 Å². The van der Waals surface area contributed by atoms with Crippen LogP contribution in [0, 0.1) is 5.92 Å². The lowest BCUT2D eigenvalue weighted by molar-refractivity contribution is -0.183. The quantitative estimate of drug-likeness (QED) is 0.378. The summed E-state index contributed by atoms with van der Waals surface area (Å²) in [5.74, 6) is -0.590. The summed E-state index contributed by atoms with van der Waals surface area (Å²) < 4.78 is 5.43. The van der Waals surface area contributed by atoms with Gasteiger partial charge in [-0.3, -0.25) is 14.5 Å². The van der Waals surface area contributed by atoms with E-state index in [1.54, 1.807) is 6.92 Å². The average Bonchev–Trinajstić information content (AvgIpc) is 2.70. The molecular formula is C21H33N3O5. The van der Waals surface area contributed by atoms with Crippen LogP contribution in [0.4, 0.5) is 0 Å². The number of nitrogens with one attached hydrogen (secondary N) is 2. The second-order valence-electron chi connectivity index (χ2n) is 7.83. The van der Waals surface area contributed by atoms with Crippen LogP contribution in [0.5, 0.6) is 0 Å². The average molecular weight is 408 g/mol. The number of hydrogen-bond acceptors (Lipinski definition) is 6. The van der Waals surface area contributed by atoms with Crippen LogP contribution in [0.25, 0.3) is 0 Å². The van der Waals surface area contributed by atoms with E-state index in [2.05, 4.69) is 15.7 Å². The van der Waals surface area contributed by atoms with Gasteiger partial charge in [0.1, 0.15) is 6.04 Å². The third-order valence-electron chi connectivity index (χ3n) is 4.63. The molecule has 1 saturated heterocycles. The predicted molar refractivity (Wildman–Crippen MR) is 109 cm³/mol. The number of ether oxygens (including phenoxy) is 1. The highest BCUT2D eigenvalue weighted by molar-refractivity contribution is 5.75. The molecule has 2 atom stereocenters. The van der Waals surface area contributed by atoms with Crippen molar-refractivity contribution >= 4 is 11.9 Å². The van der Waals surface area contributed by atoms with E-state index in [4.69, 9.17) is 14.7 Å². The first kappa shape index (κ1) is 23.3. The number of carboxylic acid groups (broad SMARTS) is 1. The zero-order chi connectivity index (χ0) is 21.2. The molecule has 1 amide bonds. The molecule has 1 fully saturated rings. The minimum absolute atomic E-state index is 0.186. The van der Waals surface area contributed by atoms with Gasteiger partial charge in [0.25, 0.3) is 0 Å². The molecule has 3 N–H and O–H groups in total. The summed E-state index contributed by atoms with van der Waals surface area (Å²) in [5.41, 5.74) is 4.63. The molecule has 1 aromatic carbocycles. The monoisotopic (exact) mass is 407 g/mol. The SMILES string of the molecule is CC(C)COC(C)ONC(=O)CCc1ccc(CN2CCNC(C(=O)O)C2)cc1. The van der Waals surface area contributed by atoms with Gasteiger partial charge >= 0.3 is 5.97 Å². The fourth-order valence-corrected chi connectivity index (χ4v) is 3.01. The van der Waals surface area contributed by atoms with E-state index in [0.717, 1.165) is 17.7 Å². The van der Waals surface area contributed by atoms with E-state index in [1.807, 2.05) is 38.1 Å². The Morgan fingerprint density at radius 2 is 1.93 bits per heavy atom. The third kappa shape index (κ3) is 8.91. The Labute approximate surface area is 172 Å². The van der Waals surface area contributed by atoms with Gasteiger partial charge in [-0.2, -0.15) is 0 Å². The number of amides is 1. The summed E-state index contributed by atoms with van der Waals surface area (Å²) in [5, 5.41) is 12.1. The number of carbonyl (C=O) groups excluding carboxylic acids is 1. The molecule has 1 heterocycles. The lowest BCUT2D eigenvalue weighted by atomic mass is 10.1. The van der Waals surface area contributed by atoms with Crippen LogP contribution in [0.2, 0.25) is 0 Å². The summed E-state index contributed by atoms with van der Waals surface area (Å²) in [6, 6.07) is 7.57. The second kappa shape index (κ2) is 11.9. The van der Waals surface area contributed by atoms with Gasteiger partial charge in [-0.15, -0.1) is 0 Å². The molecule has 0 aromatic heterocycles. The lowest BCUT2D eigenvalue weighted by Gasteiger charge is -2.31. The van der Waals surface area contributed by atoms with Crippen LogP contribution in [0.15, 0.2) is 24.3 Å². The van der Waals surface area contributed by atoms with Gasteiger partial charge < -0.3 is 15.2 Å². The van der Waals surface area contributed by atoms with Gasteiger partial charge in [0.15, 0.2) is 6.29 Å². The minimum atomic E-state index is -0.812. The molecule has 2 rings (SSSR count). The molecule has 0 bridgehead atoms. The summed E-state index contributed by atoms with van der Waals surface area (Å²) in [4.78, 5) is 30.4. The molecule has 0 spiro atoms. The van der Waals surface area contributed by atoms with Gasteiger partial charge in [0.05, 0.1) is 6.61 Å². The van der Waals surface area contributed by atoms with Crippen molar-refractivity contribution in [3.05, 3.63) is 35.4 Å². The second-order valence-corrected chi connectivity index (χ2v) is 7.83. The number of carbonyl (C=O) groups is 2. The van der Waals surface area contributed by atoms with E-state index in [-0.39, 0.29) is 5.91 Å². The Balaban J connectivity index is 1.69. The molecule has 1 aliphatic heterocycles. The molecule has 8 nitrogen and oxygen atoms in total. The Morgan fingerprint density at radius 3 is 2.59 bits per heavy atom. The lowest BCUT2D eigenvalue weighted by Crippen LogP contribution is -2.53. The first-order valence-electron chi connectivity index (χ1n) is 10.2. The van der Waals surface area contributed by atoms with Crippen molar-refractivity contribution in [3.63, 3.8) is 0 Å². The highest BCUT2D eigenvalue weighted by Crippen LogP contribution is 2.11. The van der Waals surface area contributed by atoms with Crippen LogP contribution in [-0.4, -0.2) is 60.5 Å². The molecule has 2 unspecified atom stereocenters. The maximum atomic E-state index is 11.9. The van der Waals surface area contributed by atoms with Crippen LogP contribution in [0.3, 0.4) is 0 Å². The molecule has 8 heteroatoms. The molecule has 29 heavy (non-hydrogen) atoms. The molecule has 1 aromatic rings. The number of nitrogens with zero attached hydrogens (tertiary/aromatic N) is 1. The zero-order valence-electron chi connectivity index (χ0n) is 17.5. The van der Waals surface area contributed by atoms with Gasteiger partial charge in [-0.25, -0.2) is 10.3 Å². The van der Waals surface area contributed by atoms with Crippen molar-refractivity contribution < 1.29 is 24.3 Å². The Hall–Kier alpha value is -2.00. The van der Waals surface area contributed by atoms with Crippen LogP contribution in [0.1, 0.15) is 38.3 Å². The highest BCUT2D eigenvalue weighted by Gasteiger charge is 2.24. The number of rotatable bonds is 11. The van der Waals surface area contributed by atoms with E-state index in [9.17, 15) is 9.59 Å². The standard InChI is InChI=1S/C21H33N3O5/c1-15(2)14-28-16(3)29-23-20(25)9-8-17-4-6-18(7-5-17)12-24-11-10-22-19(13-24)21(26)27/h4-7,15-16,19,22H,8-14H2,1-3H3,(H,23,25)(H,26,27). The molecule has 1 aliphatic rings. The molecule has 0 saturated carbocycles. The zero-order valence-corrected chi connectivity index (χ0v) is 17.5. The van der Waals surface area contributed by atoms with Gasteiger partial charge in [0.2, 0.25) is 5.91 Å². The molecule has 162 valence electrons. The fourth-order valence-electron chi connectivity index (χ4n) is 3.01. The molecule has 0 radical (unpaired) electrons. The maximum absolute atomic E-state index is 11.9. The minimum Gasteiger partial charge on any atom is -0.480 e. The number of aliphatic carboxylic acids is 1.